The summed E-state index contributed by atoms with van der Waals surface area (Å²) in [7, 11) is 0. The Labute approximate surface area is 75.7 Å². The van der Waals surface area contributed by atoms with Crippen LogP contribution in [0.25, 0.3) is 0 Å². The number of hydrogen-bond donors (Lipinski definition) is 0. The van der Waals surface area contributed by atoms with Crippen molar-refractivity contribution in [2.24, 2.45) is 4.99 Å². The van der Waals surface area contributed by atoms with Gasteiger partial charge in [-0.15, -0.1) is 0 Å². The second-order valence-electron chi connectivity index (χ2n) is 2.42. The Bertz CT molecular complexity index is 236. The topological polar surface area (TPSA) is 12.4 Å². The zero-order valence-corrected chi connectivity index (χ0v) is 7.65. The Morgan fingerprint density at radius 3 is 2.31 bits per heavy atom. The highest BCUT2D eigenvalue weighted by molar-refractivity contribution is 5.79. The van der Waals surface area contributed by atoms with Crippen LogP contribution in [0.2, 0.25) is 0 Å². The van der Waals surface area contributed by atoms with Crippen LogP contribution < -0.4 is 0 Å². The summed E-state index contributed by atoms with van der Waals surface area (Å²) in [6.07, 6.45) is -0.864. The van der Waals surface area contributed by atoms with Gasteiger partial charge in [-0.05, 0) is 18.9 Å². The van der Waals surface area contributed by atoms with Crippen molar-refractivity contribution >= 4 is 6.21 Å². The van der Waals surface area contributed by atoms with E-state index in [4.69, 9.17) is 0 Å². The number of halogens is 3. The first kappa shape index (κ1) is 11.9. The van der Waals surface area contributed by atoms with Crippen LogP contribution in [0.3, 0.4) is 0 Å². The van der Waals surface area contributed by atoms with Gasteiger partial charge in [-0.1, -0.05) is 19.6 Å². The molecule has 0 unspecified atom stereocenters. The van der Waals surface area contributed by atoms with E-state index in [9.17, 15) is 13.2 Å². The van der Waals surface area contributed by atoms with Gasteiger partial charge in [0.1, 0.15) is 5.70 Å². The van der Waals surface area contributed by atoms with Crippen molar-refractivity contribution in [3.8, 4) is 0 Å². The number of nitrogens with zero attached hydrogens (tertiary/aromatic N) is 1. The zero-order valence-electron chi connectivity index (χ0n) is 7.65. The third kappa shape index (κ3) is 4.50. The maximum atomic E-state index is 11.9. The highest BCUT2D eigenvalue weighted by Gasteiger charge is 2.31. The summed E-state index contributed by atoms with van der Waals surface area (Å²) in [6, 6.07) is 0. The van der Waals surface area contributed by atoms with Gasteiger partial charge in [0.15, 0.2) is 0 Å². The van der Waals surface area contributed by atoms with Crippen molar-refractivity contribution in [2.75, 3.05) is 0 Å². The molecule has 0 N–H and O–H groups in total. The van der Waals surface area contributed by atoms with E-state index in [1.807, 2.05) is 6.92 Å². The van der Waals surface area contributed by atoms with Crippen LogP contribution in [0.5, 0.6) is 0 Å². The molecule has 0 fully saturated rings. The SMILES string of the molecule is C=C(N=C/C(=C\C)CC)C(F)(F)F. The van der Waals surface area contributed by atoms with E-state index in [1.165, 1.54) is 6.21 Å². The molecule has 0 aromatic rings. The van der Waals surface area contributed by atoms with E-state index in [2.05, 4.69) is 11.6 Å². The van der Waals surface area contributed by atoms with Gasteiger partial charge in [0.2, 0.25) is 0 Å². The first-order valence-corrected chi connectivity index (χ1v) is 3.87. The Hall–Kier alpha value is -1.06. The maximum Gasteiger partial charge on any atom is 0.432 e. The van der Waals surface area contributed by atoms with Gasteiger partial charge in [-0.2, -0.15) is 13.2 Å². The van der Waals surface area contributed by atoms with Gasteiger partial charge in [0.05, 0.1) is 0 Å². The maximum absolute atomic E-state index is 11.9. The lowest BCUT2D eigenvalue weighted by molar-refractivity contribution is -0.0918. The molecule has 4 heteroatoms. The first-order chi connectivity index (χ1) is 5.91. The van der Waals surface area contributed by atoms with Crippen molar-refractivity contribution in [3.05, 3.63) is 23.9 Å². The molecular weight excluding hydrogens is 179 g/mol. The number of alkyl halides is 3. The Balaban J connectivity index is 4.37. The average molecular weight is 191 g/mol. The van der Waals surface area contributed by atoms with E-state index in [0.29, 0.717) is 6.42 Å². The lowest BCUT2D eigenvalue weighted by Gasteiger charge is -2.03. The summed E-state index contributed by atoms with van der Waals surface area (Å²) in [4.78, 5) is 3.22. The summed E-state index contributed by atoms with van der Waals surface area (Å²) < 4.78 is 35.6. The minimum absolute atomic E-state index is 0.658. The molecule has 1 nitrogen and oxygen atoms in total. The summed E-state index contributed by atoms with van der Waals surface area (Å²) in [6.45, 7) is 6.41. The van der Waals surface area contributed by atoms with E-state index in [-0.39, 0.29) is 0 Å². The lowest BCUT2D eigenvalue weighted by atomic mass is 10.2. The van der Waals surface area contributed by atoms with Gasteiger partial charge >= 0.3 is 6.18 Å². The molecule has 0 aliphatic heterocycles. The standard InChI is InChI=1S/C9H12F3N/c1-4-8(5-2)6-13-7(3)9(10,11)12/h4,6H,3,5H2,1-2H3/b8-4-,13-6?. The van der Waals surface area contributed by atoms with Crippen molar-refractivity contribution in [2.45, 2.75) is 26.4 Å². The fraction of sp³-hybridized carbons (Fsp3) is 0.444. The highest BCUT2D eigenvalue weighted by atomic mass is 19.4. The summed E-state index contributed by atoms with van der Waals surface area (Å²) in [5.74, 6) is 0. The van der Waals surface area contributed by atoms with Gasteiger partial charge in [0.25, 0.3) is 0 Å². The van der Waals surface area contributed by atoms with Gasteiger partial charge < -0.3 is 0 Å². The van der Waals surface area contributed by atoms with Crippen LogP contribution in [-0.4, -0.2) is 12.4 Å². The molecule has 0 spiro atoms. The molecule has 0 aliphatic carbocycles. The predicted octanol–water partition coefficient (Wildman–Crippen LogP) is 3.49. The molecule has 0 aromatic carbocycles. The van der Waals surface area contributed by atoms with Crippen LogP contribution in [0.4, 0.5) is 13.2 Å². The van der Waals surface area contributed by atoms with Crippen molar-refractivity contribution in [1.29, 1.82) is 0 Å². The molecule has 0 aromatic heterocycles. The zero-order chi connectivity index (χ0) is 10.5. The highest BCUT2D eigenvalue weighted by Crippen LogP contribution is 2.24. The number of aliphatic imine (C=N–C) groups is 1. The average Bonchev–Trinajstić information content (AvgIpc) is 2.04. The van der Waals surface area contributed by atoms with Crippen molar-refractivity contribution < 1.29 is 13.2 Å². The van der Waals surface area contributed by atoms with Gasteiger partial charge in [-0.25, -0.2) is 0 Å². The Kier molecular flexibility index (Phi) is 4.45. The van der Waals surface area contributed by atoms with E-state index in [1.54, 1.807) is 13.0 Å². The first-order valence-electron chi connectivity index (χ1n) is 3.87. The summed E-state index contributed by atoms with van der Waals surface area (Å²) >= 11 is 0. The van der Waals surface area contributed by atoms with Gasteiger partial charge in [-0.3, -0.25) is 4.99 Å². The predicted molar refractivity (Wildman–Crippen MR) is 47.7 cm³/mol. The summed E-state index contributed by atoms with van der Waals surface area (Å²) in [5.41, 5.74) is -0.314. The quantitative estimate of drug-likeness (QED) is 0.605. The minimum Gasteiger partial charge on any atom is -0.252 e. The summed E-state index contributed by atoms with van der Waals surface area (Å²) in [5, 5.41) is 0. The molecule has 0 saturated carbocycles. The molecule has 74 valence electrons. The van der Waals surface area contributed by atoms with Crippen molar-refractivity contribution in [1.82, 2.24) is 0 Å². The second-order valence-corrected chi connectivity index (χ2v) is 2.42. The molecule has 0 bridgehead atoms. The minimum atomic E-state index is -4.43. The molecule has 13 heavy (non-hydrogen) atoms. The molecule has 0 amide bonds. The largest absolute Gasteiger partial charge is 0.432 e. The monoisotopic (exact) mass is 191 g/mol. The smallest absolute Gasteiger partial charge is 0.252 e. The molecule has 0 atom stereocenters. The lowest BCUT2D eigenvalue weighted by Crippen LogP contribution is -2.08. The molecular formula is C9H12F3N. The van der Waals surface area contributed by atoms with E-state index < -0.39 is 11.9 Å². The third-order valence-corrected chi connectivity index (χ3v) is 1.49. The molecule has 0 aliphatic rings. The second kappa shape index (κ2) is 4.84. The molecule has 0 rings (SSSR count). The van der Waals surface area contributed by atoms with E-state index >= 15 is 0 Å². The normalized spacial score (nSPS) is 13.8. The number of allylic oxidation sites excluding steroid dienone is 3. The molecule has 0 saturated heterocycles. The van der Waals surface area contributed by atoms with Crippen LogP contribution in [0.15, 0.2) is 28.9 Å². The van der Waals surface area contributed by atoms with Crippen LogP contribution in [-0.2, 0) is 0 Å². The molecule has 0 heterocycles. The van der Waals surface area contributed by atoms with E-state index in [0.717, 1.165) is 5.57 Å². The fourth-order valence-electron chi connectivity index (χ4n) is 0.604. The molecule has 0 radical (unpaired) electrons. The van der Waals surface area contributed by atoms with Crippen LogP contribution in [0, 0.1) is 0 Å². The van der Waals surface area contributed by atoms with Crippen LogP contribution >= 0.6 is 0 Å². The van der Waals surface area contributed by atoms with Gasteiger partial charge in [0, 0.05) is 6.21 Å². The Morgan fingerprint density at radius 2 is 2.00 bits per heavy atom. The fourth-order valence-corrected chi connectivity index (χ4v) is 0.604. The number of rotatable bonds is 3. The number of hydrogen-bond acceptors (Lipinski definition) is 1. The Morgan fingerprint density at radius 1 is 1.46 bits per heavy atom. The van der Waals surface area contributed by atoms with Crippen LogP contribution in [0.1, 0.15) is 20.3 Å². The third-order valence-electron chi connectivity index (χ3n) is 1.49. The van der Waals surface area contributed by atoms with Crippen molar-refractivity contribution in [3.63, 3.8) is 0 Å².